The van der Waals surface area contributed by atoms with E-state index in [4.69, 9.17) is 0 Å². The number of rotatable bonds is 4. The minimum Gasteiger partial charge on any atom is -0.349 e. The quantitative estimate of drug-likeness (QED) is 0.500. The van der Waals surface area contributed by atoms with Crippen molar-refractivity contribution in [2.24, 2.45) is 0 Å². The molecule has 6 nitrogen and oxygen atoms in total. The highest BCUT2D eigenvalue weighted by molar-refractivity contribution is 6.23. The molecule has 0 atom stereocenters. The third kappa shape index (κ3) is 2.60. The molecule has 88 valence electrons. The Morgan fingerprint density at radius 2 is 2.06 bits per heavy atom. The van der Waals surface area contributed by atoms with Crippen molar-refractivity contribution in [3.05, 3.63) is 34.2 Å². The SMILES string of the molecule is O=CC(=O)NCCc1ccc2[nH]c(=O)[nH]c2c1. The normalized spacial score (nSPS) is 10.4. The maximum Gasteiger partial charge on any atom is 0.323 e. The highest BCUT2D eigenvalue weighted by atomic mass is 16.2. The number of hydrogen-bond donors (Lipinski definition) is 3. The molecule has 0 fully saturated rings. The number of H-pyrrole nitrogens is 2. The van der Waals surface area contributed by atoms with E-state index >= 15 is 0 Å². The molecule has 1 heterocycles. The summed E-state index contributed by atoms with van der Waals surface area (Å²) in [5.74, 6) is -0.624. The maximum absolute atomic E-state index is 11.0. The summed E-state index contributed by atoms with van der Waals surface area (Å²) >= 11 is 0. The van der Waals surface area contributed by atoms with Crippen LogP contribution in [0.4, 0.5) is 0 Å². The zero-order chi connectivity index (χ0) is 12.3. The Morgan fingerprint density at radius 1 is 1.29 bits per heavy atom. The average molecular weight is 233 g/mol. The van der Waals surface area contributed by atoms with E-state index in [-0.39, 0.29) is 12.0 Å². The van der Waals surface area contributed by atoms with Crippen LogP contribution in [0.15, 0.2) is 23.0 Å². The van der Waals surface area contributed by atoms with Gasteiger partial charge in [-0.05, 0) is 24.1 Å². The molecular weight excluding hydrogens is 222 g/mol. The van der Waals surface area contributed by atoms with Gasteiger partial charge < -0.3 is 15.3 Å². The number of aldehydes is 1. The van der Waals surface area contributed by atoms with Crippen molar-refractivity contribution in [2.75, 3.05) is 6.54 Å². The Morgan fingerprint density at radius 3 is 2.82 bits per heavy atom. The topological polar surface area (TPSA) is 94.8 Å². The zero-order valence-electron chi connectivity index (χ0n) is 8.95. The standard InChI is InChI=1S/C11H11N3O3/c15-6-10(16)12-4-3-7-1-2-8-9(5-7)14-11(17)13-8/h1-2,5-6H,3-4H2,(H,12,16)(H2,13,14,17). The number of hydrogen-bond acceptors (Lipinski definition) is 3. The Kier molecular flexibility index (Phi) is 3.04. The van der Waals surface area contributed by atoms with Gasteiger partial charge in [-0.15, -0.1) is 0 Å². The summed E-state index contributed by atoms with van der Waals surface area (Å²) in [5, 5.41) is 2.45. The first-order valence-electron chi connectivity index (χ1n) is 5.13. The van der Waals surface area contributed by atoms with Gasteiger partial charge in [-0.25, -0.2) is 4.79 Å². The van der Waals surface area contributed by atoms with Crippen LogP contribution in [0.3, 0.4) is 0 Å². The van der Waals surface area contributed by atoms with Gasteiger partial charge in [-0.2, -0.15) is 0 Å². The monoisotopic (exact) mass is 233 g/mol. The molecule has 2 rings (SSSR count). The van der Waals surface area contributed by atoms with Gasteiger partial charge in [-0.3, -0.25) is 9.59 Å². The van der Waals surface area contributed by atoms with Crippen LogP contribution in [0.25, 0.3) is 11.0 Å². The van der Waals surface area contributed by atoms with E-state index in [2.05, 4.69) is 15.3 Å². The second kappa shape index (κ2) is 4.65. The average Bonchev–Trinajstić information content (AvgIpc) is 2.68. The third-order valence-corrected chi connectivity index (χ3v) is 2.40. The number of aromatic nitrogens is 2. The predicted octanol–water partition coefficient (Wildman–Crippen LogP) is -0.286. The van der Waals surface area contributed by atoms with Crippen LogP contribution in [0, 0.1) is 0 Å². The molecule has 0 aliphatic rings. The second-order valence-electron chi connectivity index (χ2n) is 3.62. The molecule has 6 heteroatoms. The minimum atomic E-state index is -0.624. The van der Waals surface area contributed by atoms with E-state index in [0.717, 1.165) is 16.6 Å². The fourth-order valence-electron chi connectivity index (χ4n) is 1.61. The van der Waals surface area contributed by atoms with Crippen LogP contribution in [0.2, 0.25) is 0 Å². The minimum absolute atomic E-state index is 0.243. The van der Waals surface area contributed by atoms with Gasteiger partial charge in [0.25, 0.3) is 5.91 Å². The molecule has 0 saturated carbocycles. The van der Waals surface area contributed by atoms with Gasteiger partial charge >= 0.3 is 5.69 Å². The number of nitrogens with one attached hydrogen (secondary N) is 3. The number of amides is 1. The molecule has 0 bridgehead atoms. The van der Waals surface area contributed by atoms with Gasteiger partial charge in [-0.1, -0.05) is 6.07 Å². The van der Waals surface area contributed by atoms with Crippen molar-refractivity contribution in [2.45, 2.75) is 6.42 Å². The summed E-state index contributed by atoms with van der Waals surface area (Å²) in [7, 11) is 0. The molecule has 0 radical (unpaired) electrons. The lowest BCUT2D eigenvalue weighted by Crippen LogP contribution is -2.26. The highest BCUT2D eigenvalue weighted by Crippen LogP contribution is 2.10. The largest absolute Gasteiger partial charge is 0.349 e. The first-order valence-corrected chi connectivity index (χ1v) is 5.13. The molecule has 1 aromatic carbocycles. The summed E-state index contributed by atoms with van der Waals surface area (Å²) in [6.07, 6.45) is 0.843. The number of imidazole rings is 1. The molecule has 0 spiro atoms. The lowest BCUT2D eigenvalue weighted by atomic mass is 10.1. The first-order chi connectivity index (χ1) is 8.19. The Balaban J connectivity index is 2.06. The molecule has 0 unspecified atom stereocenters. The van der Waals surface area contributed by atoms with Gasteiger partial charge in [0.05, 0.1) is 11.0 Å². The van der Waals surface area contributed by atoms with Gasteiger partial charge in [0.2, 0.25) is 6.29 Å². The van der Waals surface area contributed by atoms with Gasteiger partial charge in [0, 0.05) is 6.54 Å². The number of carbonyl (C=O) groups excluding carboxylic acids is 2. The molecule has 0 aliphatic heterocycles. The lowest BCUT2D eigenvalue weighted by molar-refractivity contribution is -0.131. The molecule has 3 N–H and O–H groups in total. The summed E-state index contributed by atoms with van der Waals surface area (Å²) in [6.45, 7) is 0.387. The molecule has 0 saturated heterocycles. The predicted molar refractivity (Wildman–Crippen MR) is 61.7 cm³/mol. The number of fused-ring (bicyclic) bond motifs is 1. The van der Waals surface area contributed by atoms with E-state index < -0.39 is 5.91 Å². The molecule has 0 aliphatic carbocycles. The van der Waals surface area contributed by atoms with Crippen LogP contribution >= 0.6 is 0 Å². The van der Waals surface area contributed by atoms with Gasteiger partial charge in [0.15, 0.2) is 0 Å². The summed E-state index contributed by atoms with van der Waals surface area (Å²) < 4.78 is 0. The summed E-state index contributed by atoms with van der Waals surface area (Å²) in [5.41, 5.74) is 2.20. The van der Waals surface area contributed by atoms with Crippen LogP contribution in [0.1, 0.15) is 5.56 Å². The van der Waals surface area contributed by atoms with E-state index in [1.807, 2.05) is 12.1 Å². The van der Waals surface area contributed by atoms with E-state index in [9.17, 15) is 14.4 Å². The first kappa shape index (κ1) is 11.1. The van der Waals surface area contributed by atoms with Crippen molar-refractivity contribution in [3.8, 4) is 0 Å². The van der Waals surface area contributed by atoms with E-state index in [1.54, 1.807) is 6.07 Å². The van der Waals surface area contributed by atoms with Crippen LogP contribution < -0.4 is 11.0 Å². The fourth-order valence-corrected chi connectivity index (χ4v) is 1.61. The smallest absolute Gasteiger partial charge is 0.323 e. The number of benzene rings is 1. The van der Waals surface area contributed by atoms with Crippen LogP contribution in [0.5, 0.6) is 0 Å². The third-order valence-electron chi connectivity index (χ3n) is 2.40. The number of aromatic amines is 2. The Labute approximate surface area is 96.0 Å². The van der Waals surface area contributed by atoms with E-state index in [1.165, 1.54) is 0 Å². The van der Waals surface area contributed by atoms with Crippen LogP contribution in [-0.4, -0.2) is 28.7 Å². The highest BCUT2D eigenvalue weighted by Gasteiger charge is 2.01. The van der Waals surface area contributed by atoms with Crippen molar-refractivity contribution < 1.29 is 9.59 Å². The van der Waals surface area contributed by atoms with Crippen molar-refractivity contribution >= 4 is 23.2 Å². The molecule has 2 aromatic rings. The Hall–Kier alpha value is -2.37. The molecular formula is C11H11N3O3. The van der Waals surface area contributed by atoms with Crippen molar-refractivity contribution in [1.29, 1.82) is 0 Å². The molecule has 17 heavy (non-hydrogen) atoms. The summed E-state index contributed by atoms with van der Waals surface area (Å²) in [4.78, 5) is 37.1. The maximum atomic E-state index is 11.0. The van der Waals surface area contributed by atoms with Crippen LogP contribution in [-0.2, 0) is 16.0 Å². The number of carbonyl (C=O) groups is 2. The molecule has 1 amide bonds. The zero-order valence-corrected chi connectivity index (χ0v) is 8.95. The molecule has 1 aromatic heterocycles. The Bertz CT molecular complexity index is 612. The summed E-state index contributed by atoms with van der Waals surface area (Å²) in [6, 6.07) is 5.49. The fraction of sp³-hybridized carbons (Fsp3) is 0.182. The van der Waals surface area contributed by atoms with Crippen molar-refractivity contribution in [3.63, 3.8) is 0 Å². The van der Waals surface area contributed by atoms with E-state index in [0.29, 0.717) is 13.0 Å². The second-order valence-corrected chi connectivity index (χ2v) is 3.62. The van der Waals surface area contributed by atoms with Crippen molar-refractivity contribution in [1.82, 2.24) is 15.3 Å². The lowest BCUT2D eigenvalue weighted by Gasteiger charge is -2.01. The van der Waals surface area contributed by atoms with Gasteiger partial charge in [0.1, 0.15) is 0 Å².